The van der Waals surface area contributed by atoms with Gasteiger partial charge in [-0.2, -0.15) is 0 Å². The van der Waals surface area contributed by atoms with Crippen molar-refractivity contribution < 1.29 is 33.4 Å². The van der Waals surface area contributed by atoms with Crippen LogP contribution in [0.1, 0.15) is 22.7 Å². The largest absolute Gasteiger partial charge is 0.459 e. The summed E-state index contributed by atoms with van der Waals surface area (Å²) in [7, 11) is -4.45. The molecule has 166 valence electrons. The molecule has 1 atom stereocenters. The highest BCUT2D eigenvalue weighted by molar-refractivity contribution is 7.60. The Morgan fingerprint density at radius 2 is 1.28 bits per heavy atom. The summed E-state index contributed by atoms with van der Waals surface area (Å²) >= 11 is 0. The van der Waals surface area contributed by atoms with Gasteiger partial charge >= 0.3 is 19.7 Å². The fraction of sp³-hybridized carbons (Fsp3) is 0.130. The monoisotopic (exact) mass is 455 g/mol. The van der Waals surface area contributed by atoms with Crippen LogP contribution in [0, 0.1) is 0 Å². The van der Waals surface area contributed by atoms with E-state index in [0.29, 0.717) is 0 Å². The van der Waals surface area contributed by atoms with Gasteiger partial charge in [0, 0.05) is 0 Å². The Morgan fingerprint density at radius 3 is 1.78 bits per heavy atom. The van der Waals surface area contributed by atoms with E-state index in [-0.39, 0.29) is 24.1 Å². The third-order valence-corrected chi connectivity index (χ3v) is 5.47. The van der Waals surface area contributed by atoms with Crippen molar-refractivity contribution in [2.75, 3.05) is 0 Å². The number of amides is 1. The van der Waals surface area contributed by atoms with Crippen molar-refractivity contribution in [1.82, 2.24) is 5.32 Å². The fourth-order valence-corrected chi connectivity index (χ4v) is 3.37. The van der Waals surface area contributed by atoms with E-state index in [1.807, 2.05) is 24.3 Å². The Hall–Kier alpha value is -3.45. The van der Waals surface area contributed by atoms with Gasteiger partial charge in [-0.1, -0.05) is 72.8 Å². The minimum Gasteiger partial charge on any atom is -0.459 e. The zero-order valence-corrected chi connectivity index (χ0v) is 17.9. The van der Waals surface area contributed by atoms with E-state index in [4.69, 9.17) is 9.47 Å². The van der Waals surface area contributed by atoms with Gasteiger partial charge in [-0.25, -0.2) is 9.59 Å². The van der Waals surface area contributed by atoms with E-state index >= 15 is 0 Å². The highest BCUT2D eigenvalue weighted by Crippen LogP contribution is 2.33. The van der Waals surface area contributed by atoms with Crippen LogP contribution in [-0.4, -0.2) is 21.8 Å². The van der Waals surface area contributed by atoms with Gasteiger partial charge < -0.3 is 24.6 Å². The zero-order valence-electron chi connectivity index (χ0n) is 17.0. The quantitative estimate of drug-likeness (QED) is 0.352. The maximum Gasteiger partial charge on any atom is 0.408 e. The minimum absolute atomic E-state index is 0.00250. The summed E-state index contributed by atoms with van der Waals surface area (Å²) in [6, 6.07) is 21.9. The predicted molar refractivity (Wildman–Crippen MR) is 117 cm³/mol. The minimum atomic E-state index is -4.45. The molecule has 0 aliphatic heterocycles. The molecule has 9 heteroatoms. The summed E-state index contributed by atoms with van der Waals surface area (Å²) in [5, 5.41) is 2.26. The van der Waals surface area contributed by atoms with Crippen LogP contribution in [0.4, 0.5) is 4.79 Å². The van der Waals surface area contributed by atoms with Crippen LogP contribution in [0.5, 0.6) is 0 Å². The number of benzene rings is 3. The maximum atomic E-state index is 12.8. The van der Waals surface area contributed by atoms with Crippen molar-refractivity contribution in [2.45, 2.75) is 19.3 Å². The first-order valence-corrected chi connectivity index (χ1v) is 11.3. The van der Waals surface area contributed by atoms with Gasteiger partial charge in [0.1, 0.15) is 13.2 Å². The Balaban J connectivity index is 1.72. The molecule has 0 saturated heterocycles. The maximum absolute atomic E-state index is 12.8. The van der Waals surface area contributed by atoms with Crippen LogP contribution in [0.15, 0.2) is 84.9 Å². The van der Waals surface area contributed by atoms with E-state index in [1.165, 1.54) is 24.3 Å². The SMILES string of the molecule is O=C(N[C@H](C(=O)OCc1ccccc1)c1ccc(P(=O)(O)O)cc1)OCc1ccccc1. The number of nitrogens with one attached hydrogen (secondary N) is 1. The average Bonchev–Trinajstić information content (AvgIpc) is 2.80. The lowest BCUT2D eigenvalue weighted by Gasteiger charge is -2.18. The van der Waals surface area contributed by atoms with E-state index in [1.54, 1.807) is 36.4 Å². The van der Waals surface area contributed by atoms with Crippen LogP contribution in [0.2, 0.25) is 0 Å². The molecule has 0 radical (unpaired) electrons. The lowest BCUT2D eigenvalue weighted by Crippen LogP contribution is -2.35. The first-order chi connectivity index (χ1) is 15.3. The highest BCUT2D eigenvalue weighted by atomic mass is 31.2. The first kappa shape index (κ1) is 23.2. The molecule has 3 aromatic carbocycles. The Kier molecular flexibility index (Phi) is 7.78. The standard InChI is InChI=1S/C23H22NO7P/c25-22(30-15-17-7-3-1-4-8-17)21(19-11-13-20(14-12-19)32(27,28)29)24-23(26)31-16-18-9-5-2-6-10-18/h1-14,21H,15-16H2,(H,24,26)(H2,27,28,29)/t21-/m0/s1. The Labute approximate surface area is 185 Å². The molecule has 0 unspecified atom stereocenters. The molecule has 0 spiro atoms. The molecule has 3 N–H and O–H groups in total. The van der Waals surface area contributed by atoms with Gasteiger partial charge in [-0.3, -0.25) is 4.57 Å². The molecule has 1 amide bonds. The molecule has 32 heavy (non-hydrogen) atoms. The molecule has 8 nitrogen and oxygen atoms in total. The van der Waals surface area contributed by atoms with E-state index in [2.05, 4.69) is 5.32 Å². The summed E-state index contributed by atoms with van der Waals surface area (Å²) in [4.78, 5) is 43.7. The molecule has 0 fully saturated rings. The number of hydrogen-bond donors (Lipinski definition) is 3. The van der Waals surface area contributed by atoms with Crippen molar-refractivity contribution in [1.29, 1.82) is 0 Å². The second kappa shape index (κ2) is 10.7. The number of hydrogen-bond acceptors (Lipinski definition) is 5. The summed E-state index contributed by atoms with van der Waals surface area (Å²) < 4.78 is 21.9. The lowest BCUT2D eigenvalue weighted by atomic mass is 10.1. The number of carbonyl (C=O) groups excluding carboxylic acids is 2. The molecule has 0 heterocycles. The number of alkyl carbamates (subject to hydrolysis) is 1. The lowest BCUT2D eigenvalue weighted by molar-refractivity contribution is -0.147. The first-order valence-electron chi connectivity index (χ1n) is 9.67. The molecule has 0 bridgehead atoms. The van der Waals surface area contributed by atoms with Crippen molar-refractivity contribution in [3.8, 4) is 0 Å². The normalized spacial score (nSPS) is 11.9. The Morgan fingerprint density at radius 1 is 0.781 bits per heavy atom. The zero-order chi connectivity index (χ0) is 23.0. The molecule has 0 aliphatic rings. The van der Waals surface area contributed by atoms with Crippen molar-refractivity contribution in [2.24, 2.45) is 0 Å². The molecule has 0 aromatic heterocycles. The van der Waals surface area contributed by atoms with Crippen molar-refractivity contribution in [3.05, 3.63) is 102 Å². The van der Waals surface area contributed by atoms with Crippen LogP contribution in [0.25, 0.3) is 0 Å². The topological polar surface area (TPSA) is 122 Å². The van der Waals surface area contributed by atoms with E-state index in [0.717, 1.165) is 11.1 Å². The van der Waals surface area contributed by atoms with Crippen molar-refractivity contribution >= 4 is 25.0 Å². The summed E-state index contributed by atoms with van der Waals surface area (Å²) in [5.74, 6) is -0.741. The van der Waals surface area contributed by atoms with Gasteiger partial charge in [0.15, 0.2) is 6.04 Å². The molecule has 0 aliphatic carbocycles. The smallest absolute Gasteiger partial charge is 0.408 e. The number of rotatable bonds is 8. The highest BCUT2D eigenvalue weighted by Gasteiger charge is 2.26. The fourth-order valence-electron chi connectivity index (χ4n) is 2.83. The van der Waals surface area contributed by atoms with E-state index in [9.17, 15) is 23.9 Å². The molecule has 3 aromatic rings. The average molecular weight is 455 g/mol. The van der Waals surface area contributed by atoms with Gasteiger partial charge in [-0.05, 0) is 28.8 Å². The van der Waals surface area contributed by atoms with E-state index < -0.39 is 25.7 Å². The number of esters is 1. The van der Waals surface area contributed by atoms with Crippen LogP contribution >= 0.6 is 7.60 Å². The van der Waals surface area contributed by atoms with Crippen LogP contribution in [0.3, 0.4) is 0 Å². The van der Waals surface area contributed by atoms with Crippen molar-refractivity contribution in [3.63, 3.8) is 0 Å². The van der Waals surface area contributed by atoms with Gasteiger partial charge in [-0.15, -0.1) is 0 Å². The van der Waals surface area contributed by atoms with Gasteiger partial charge in [0.25, 0.3) is 0 Å². The summed E-state index contributed by atoms with van der Waals surface area (Å²) in [6.07, 6.45) is -0.838. The Bertz CT molecular complexity index is 1080. The summed E-state index contributed by atoms with van der Waals surface area (Å²) in [6.45, 7) is 0.00703. The molecule has 3 rings (SSSR count). The third-order valence-electron chi connectivity index (χ3n) is 4.50. The second-order valence-corrected chi connectivity index (χ2v) is 8.47. The molecular formula is C23H22NO7P. The molecule has 0 saturated carbocycles. The predicted octanol–water partition coefficient (Wildman–Crippen LogP) is 3.20. The van der Waals surface area contributed by atoms with Gasteiger partial charge in [0.2, 0.25) is 0 Å². The summed E-state index contributed by atoms with van der Waals surface area (Å²) in [5.41, 5.74) is 1.83. The second-order valence-electron chi connectivity index (χ2n) is 6.87. The van der Waals surface area contributed by atoms with Gasteiger partial charge in [0.05, 0.1) is 5.30 Å². The molecular weight excluding hydrogens is 433 g/mol. The number of carbonyl (C=O) groups is 2. The number of ether oxygens (including phenoxy) is 2. The van der Waals surface area contributed by atoms with Crippen LogP contribution in [-0.2, 0) is 32.0 Å². The third kappa shape index (κ3) is 6.78. The van der Waals surface area contributed by atoms with Crippen LogP contribution < -0.4 is 10.6 Å².